The molecule has 0 bridgehead atoms. The van der Waals surface area contributed by atoms with Crippen LogP contribution in [-0.4, -0.2) is 48.2 Å². The molecular weight excluding hydrogens is 322 g/mol. The predicted octanol–water partition coefficient (Wildman–Crippen LogP) is 2.63. The zero-order valence-electron chi connectivity index (χ0n) is 14.5. The van der Waals surface area contributed by atoms with Crippen LogP contribution in [0.25, 0.3) is 0 Å². The van der Waals surface area contributed by atoms with Crippen LogP contribution in [0, 0.1) is 5.92 Å². The topological polar surface area (TPSA) is 76.1 Å². The number of carboxylic acids is 1. The highest BCUT2D eigenvalue weighted by atomic mass is 16.5. The third-order valence-corrected chi connectivity index (χ3v) is 5.20. The number of methoxy groups -OCH3 is 1. The van der Waals surface area contributed by atoms with Gasteiger partial charge in [-0.3, -0.25) is 9.59 Å². The second-order valence-corrected chi connectivity index (χ2v) is 6.68. The van der Waals surface area contributed by atoms with Gasteiger partial charge in [-0.1, -0.05) is 18.2 Å². The first-order valence-electron chi connectivity index (χ1n) is 8.88. The van der Waals surface area contributed by atoms with Crippen molar-refractivity contribution in [3.8, 4) is 5.75 Å². The van der Waals surface area contributed by atoms with Crippen molar-refractivity contribution in [2.45, 2.75) is 44.2 Å². The Morgan fingerprint density at radius 3 is 2.84 bits per heavy atom. The van der Waals surface area contributed by atoms with Gasteiger partial charge in [0.05, 0.1) is 25.2 Å². The lowest BCUT2D eigenvalue weighted by Crippen LogP contribution is -2.46. The van der Waals surface area contributed by atoms with Crippen molar-refractivity contribution in [2.75, 3.05) is 20.3 Å². The largest absolute Gasteiger partial charge is 0.496 e. The van der Waals surface area contributed by atoms with Gasteiger partial charge in [-0.05, 0) is 31.7 Å². The number of carbonyl (C=O) groups is 2. The van der Waals surface area contributed by atoms with Crippen LogP contribution in [0.4, 0.5) is 0 Å². The summed E-state index contributed by atoms with van der Waals surface area (Å²) in [6.45, 7) is 1.28. The Morgan fingerprint density at radius 2 is 2.16 bits per heavy atom. The summed E-state index contributed by atoms with van der Waals surface area (Å²) in [6.07, 6.45) is 3.58. The summed E-state index contributed by atoms with van der Waals surface area (Å²) in [6, 6.07) is 6.87. The number of nitrogens with zero attached hydrogens (tertiary/aromatic N) is 1. The molecule has 2 aliphatic rings. The van der Waals surface area contributed by atoms with E-state index in [1.165, 1.54) is 0 Å². The monoisotopic (exact) mass is 347 g/mol. The van der Waals surface area contributed by atoms with Gasteiger partial charge in [0.15, 0.2) is 0 Å². The molecule has 2 heterocycles. The molecule has 0 radical (unpaired) electrons. The SMILES string of the molecule is COc1ccccc1[C@@H]1[C@H](C(=O)O)CCC(=O)N1CC[C@H]1CCCO1. The first kappa shape index (κ1) is 17.7. The van der Waals surface area contributed by atoms with E-state index in [1.54, 1.807) is 12.0 Å². The summed E-state index contributed by atoms with van der Waals surface area (Å²) in [4.78, 5) is 26.2. The molecule has 2 saturated heterocycles. The molecule has 0 spiro atoms. The number of likely N-dealkylation sites (tertiary alicyclic amines) is 1. The molecule has 1 aromatic rings. The second-order valence-electron chi connectivity index (χ2n) is 6.68. The normalized spacial score (nSPS) is 26.7. The van der Waals surface area contributed by atoms with E-state index in [0.717, 1.165) is 31.4 Å². The van der Waals surface area contributed by atoms with Gasteiger partial charge in [0.25, 0.3) is 0 Å². The van der Waals surface area contributed by atoms with Gasteiger partial charge >= 0.3 is 5.97 Å². The summed E-state index contributed by atoms with van der Waals surface area (Å²) < 4.78 is 11.1. The van der Waals surface area contributed by atoms with Gasteiger partial charge < -0.3 is 19.5 Å². The lowest BCUT2D eigenvalue weighted by molar-refractivity contribution is -0.152. The number of hydrogen-bond acceptors (Lipinski definition) is 4. The van der Waals surface area contributed by atoms with E-state index in [2.05, 4.69) is 0 Å². The molecule has 136 valence electrons. The zero-order chi connectivity index (χ0) is 17.8. The van der Waals surface area contributed by atoms with Gasteiger partial charge in [-0.15, -0.1) is 0 Å². The number of benzene rings is 1. The number of amides is 1. The highest BCUT2D eigenvalue weighted by molar-refractivity contribution is 5.82. The molecule has 0 aromatic heterocycles. The van der Waals surface area contributed by atoms with Crippen molar-refractivity contribution in [2.24, 2.45) is 5.92 Å². The average molecular weight is 347 g/mol. The van der Waals surface area contributed by atoms with Gasteiger partial charge in [-0.2, -0.15) is 0 Å². The molecule has 0 aliphatic carbocycles. The minimum Gasteiger partial charge on any atom is -0.496 e. The van der Waals surface area contributed by atoms with Gasteiger partial charge in [0.1, 0.15) is 5.75 Å². The van der Waals surface area contributed by atoms with E-state index in [4.69, 9.17) is 9.47 Å². The molecule has 1 amide bonds. The molecule has 6 heteroatoms. The van der Waals surface area contributed by atoms with Gasteiger partial charge in [0.2, 0.25) is 5.91 Å². The molecule has 0 saturated carbocycles. The molecular formula is C19H25NO5. The fraction of sp³-hybridized carbons (Fsp3) is 0.579. The molecule has 1 aromatic carbocycles. The van der Waals surface area contributed by atoms with Gasteiger partial charge in [0, 0.05) is 25.1 Å². The van der Waals surface area contributed by atoms with Crippen LogP contribution in [0.2, 0.25) is 0 Å². The zero-order valence-corrected chi connectivity index (χ0v) is 14.5. The van der Waals surface area contributed by atoms with Crippen LogP contribution >= 0.6 is 0 Å². The number of hydrogen-bond donors (Lipinski definition) is 1. The Hall–Kier alpha value is -2.08. The fourth-order valence-electron chi connectivity index (χ4n) is 3.93. The second kappa shape index (κ2) is 7.87. The van der Waals surface area contributed by atoms with Crippen molar-refractivity contribution in [1.82, 2.24) is 4.90 Å². The average Bonchev–Trinajstić information content (AvgIpc) is 3.13. The first-order valence-corrected chi connectivity index (χ1v) is 8.88. The number of para-hydroxylation sites is 1. The number of carbonyl (C=O) groups excluding carboxylic acids is 1. The third-order valence-electron chi connectivity index (χ3n) is 5.20. The molecule has 3 atom stereocenters. The van der Waals surface area contributed by atoms with E-state index in [0.29, 0.717) is 18.7 Å². The molecule has 2 fully saturated rings. The fourth-order valence-corrected chi connectivity index (χ4v) is 3.93. The Kier molecular flexibility index (Phi) is 5.58. The smallest absolute Gasteiger partial charge is 0.308 e. The van der Waals surface area contributed by atoms with E-state index >= 15 is 0 Å². The Morgan fingerprint density at radius 1 is 1.36 bits per heavy atom. The summed E-state index contributed by atoms with van der Waals surface area (Å²) in [5.41, 5.74) is 0.762. The Balaban J connectivity index is 1.89. The minimum absolute atomic E-state index is 0.00593. The highest BCUT2D eigenvalue weighted by Crippen LogP contribution is 2.41. The third kappa shape index (κ3) is 3.79. The molecule has 6 nitrogen and oxygen atoms in total. The number of rotatable bonds is 6. The minimum atomic E-state index is -0.870. The van der Waals surface area contributed by atoms with Crippen LogP contribution in [-0.2, 0) is 14.3 Å². The molecule has 25 heavy (non-hydrogen) atoms. The van der Waals surface area contributed by atoms with Crippen molar-refractivity contribution in [3.05, 3.63) is 29.8 Å². The van der Waals surface area contributed by atoms with Crippen molar-refractivity contribution >= 4 is 11.9 Å². The maximum Gasteiger partial charge on any atom is 0.308 e. The number of piperidine rings is 1. The van der Waals surface area contributed by atoms with Crippen LogP contribution in [0.15, 0.2) is 24.3 Å². The molecule has 1 N–H and O–H groups in total. The van der Waals surface area contributed by atoms with E-state index < -0.39 is 17.9 Å². The Labute approximate surface area is 147 Å². The maximum atomic E-state index is 12.6. The van der Waals surface area contributed by atoms with E-state index in [9.17, 15) is 14.7 Å². The maximum absolute atomic E-state index is 12.6. The summed E-state index contributed by atoms with van der Waals surface area (Å²) >= 11 is 0. The van der Waals surface area contributed by atoms with Crippen LogP contribution in [0.5, 0.6) is 5.75 Å². The predicted molar refractivity (Wildman–Crippen MR) is 91.4 cm³/mol. The van der Waals surface area contributed by atoms with Crippen LogP contribution < -0.4 is 4.74 Å². The van der Waals surface area contributed by atoms with Crippen molar-refractivity contribution in [3.63, 3.8) is 0 Å². The summed E-state index contributed by atoms with van der Waals surface area (Å²) in [5, 5.41) is 9.71. The van der Waals surface area contributed by atoms with Crippen molar-refractivity contribution < 1.29 is 24.2 Å². The Bertz CT molecular complexity index is 626. The highest BCUT2D eigenvalue weighted by Gasteiger charge is 2.42. The molecule has 0 unspecified atom stereocenters. The number of carboxylic acid groups (broad SMARTS) is 1. The molecule has 2 aliphatic heterocycles. The van der Waals surface area contributed by atoms with Crippen LogP contribution in [0.3, 0.4) is 0 Å². The van der Waals surface area contributed by atoms with E-state index in [-0.39, 0.29) is 18.4 Å². The number of ether oxygens (including phenoxy) is 2. The first-order chi connectivity index (χ1) is 12.1. The van der Waals surface area contributed by atoms with E-state index in [1.807, 2.05) is 24.3 Å². The standard InChI is InChI=1S/C19H25NO5/c1-24-16-7-3-2-6-14(16)18-15(19(22)23)8-9-17(21)20(18)11-10-13-5-4-12-25-13/h2-3,6-7,13,15,18H,4-5,8-12H2,1H3,(H,22,23)/t13-,15-,18-/m1/s1. The van der Waals surface area contributed by atoms with Crippen molar-refractivity contribution in [1.29, 1.82) is 0 Å². The number of aliphatic carboxylic acids is 1. The lowest BCUT2D eigenvalue weighted by Gasteiger charge is -2.40. The quantitative estimate of drug-likeness (QED) is 0.856. The lowest BCUT2D eigenvalue weighted by atomic mass is 9.83. The van der Waals surface area contributed by atoms with Gasteiger partial charge in [-0.25, -0.2) is 0 Å². The summed E-state index contributed by atoms with van der Waals surface area (Å²) in [7, 11) is 1.57. The molecule has 3 rings (SSSR count). The summed E-state index contributed by atoms with van der Waals surface area (Å²) in [5.74, 6) is -0.869. The van der Waals surface area contributed by atoms with Crippen LogP contribution in [0.1, 0.15) is 43.7 Å².